The lowest BCUT2D eigenvalue weighted by molar-refractivity contribution is 0.0638. The van der Waals surface area contributed by atoms with E-state index in [0.29, 0.717) is 17.7 Å². The zero-order valence-electron chi connectivity index (χ0n) is 21.4. The van der Waals surface area contributed by atoms with Gasteiger partial charge in [-0.1, -0.05) is 13.0 Å². The maximum atomic E-state index is 13.2. The monoisotopic (exact) mass is 514 g/mol. The smallest absolute Gasteiger partial charge is 0.339 e. The topological polar surface area (TPSA) is 89.3 Å². The van der Waals surface area contributed by atoms with E-state index < -0.39 is 10.1 Å². The molecule has 0 aliphatic rings. The van der Waals surface area contributed by atoms with E-state index in [1.807, 2.05) is 39.8 Å². The number of ether oxygens (including phenoxy) is 1. The second-order valence-electron chi connectivity index (χ2n) is 8.34. The molecule has 1 unspecified atom stereocenters. The maximum absolute atomic E-state index is 13.2. The van der Waals surface area contributed by atoms with Gasteiger partial charge in [0.1, 0.15) is 16.4 Å². The van der Waals surface area contributed by atoms with Crippen LogP contribution in [0, 0.1) is 0 Å². The molecule has 3 aromatic rings. The van der Waals surface area contributed by atoms with E-state index in [9.17, 15) is 13.2 Å². The quantitative estimate of drug-likeness (QED) is 0.301. The van der Waals surface area contributed by atoms with Crippen molar-refractivity contribution >= 4 is 21.7 Å². The van der Waals surface area contributed by atoms with Crippen LogP contribution in [0.3, 0.4) is 0 Å². The van der Waals surface area contributed by atoms with Crippen LogP contribution in [-0.2, 0) is 16.7 Å². The first-order chi connectivity index (χ1) is 17.2. The number of hydrogen-bond acceptors (Lipinski definition) is 7. The Kier molecular flexibility index (Phi) is 9.03. The van der Waals surface area contributed by atoms with E-state index in [1.165, 1.54) is 25.5 Å². The van der Waals surface area contributed by atoms with Crippen LogP contribution in [0.2, 0.25) is 0 Å². The van der Waals surface area contributed by atoms with Crippen molar-refractivity contribution < 1.29 is 26.5 Å². The maximum Gasteiger partial charge on any atom is 0.339 e. The number of rotatable bonds is 12. The van der Waals surface area contributed by atoms with E-state index >= 15 is 0 Å². The molecule has 1 aromatic heterocycles. The molecule has 0 saturated heterocycles. The summed E-state index contributed by atoms with van der Waals surface area (Å²) in [4.78, 5) is 17.0. The largest absolute Gasteiger partial charge is 0.497 e. The van der Waals surface area contributed by atoms with Gasteiger partial charge in [-0.2, -0.15) is 8.42 Å². The van der Waals surface area contributed by atoms with Crippen LogP contribution >= 0.6 is 0 Å². The van der Waals surface area contributed by atoms with Crippen LogP contribution in [0.1, 0.15) is 50.2 Å². The van der Waals surface area contributed by atoms with Crippen molar-refractivity contribution in [1.82, 2.24) is 4.90 Å². The summed E-state index contributed by atoms with van der Waals surface area (Å²) in [7, 11) is -2.63. The van der Waals surface area contributed by atoms with Gasteiger partial charge < -0.3 is 23.1 Å². The Bertz CT molecular complexity index is 1240. The first kappa shape index (κ1) is 27.1. The number of amides is 1. The molecule has 0 radical (unpaired) electrons. The molecule has 2 aromatic carbocycles. The highest BCUT2D eigenvalue weighted by Gasteiger charge is 2.26. The number of carbonyl (C=O) groups is 1. The lowest BCUT2D eigenvalue weighted by Crippen LogP contribution is -2.37. The Balaban J connectivity index is 2.03. The Labute approximate surface area is 213 Å². The summed E-state index contributed by atoms with van der Waals surface area (Å²) in [5.41, 5.74) is 1.40. The average Bonchev–Trinajstić information content (AvgIpc) is 3.43. The van der Waals surface area contributed by atoms with Crippen LogP contribution in [-0.4, -0.2) is 45.5 Å². The number of anilines is 1. The van der Waals surface area contributed by atoms with E-state index in [2.05, 4.69) is 4.90 Å². The number of nitrogens with zero attached hydrogens (tertiary/aromatic N) is 2. The van der Waals surface area contributed by atoms with E-state index in [1.54, 1.807) is 35.2 Å². The Morgan fingerprint density at radius 1 is 1.03 bits per heavy atom. The van der Waals surface area contributed by atoms with Crippen molar-refractivity contribution in [3.8, 4) is 11.5 Å². The fourth-order valence-electron chi connectivity index (χ4n) is 3.82. The summed E-state index contributed by atoms with van der Waals surface area (Å²) < 4.78 is 42.6. The number of furan rings is 1. The highest BCUT2D eigenvalue weighted by Crippen LogP contribution is 2.31. The average molecular weight is 515 g/mol. The van der Waals surface area contributed by atoms with Crippen molar-refractivity contribution in [2.24, 2.45) is 0 Å². The Hall–Kier alpha value is -3.46. The van der Waals surface area contributed by atoms with Gasteiger partial charge in [-0.25, -0.2) is 0 Å². The molecule has 0 aliphatic carbocycles. The molecule has 0 N–H and O–H groups in total. The normalized spacial score (nSPS) is 12.1. The van der Waals surface area contributed by atoms with Crippen molar-refractivity contribution in [2.75, 3.05) is 25.1 Å². The molecule has 194 valence electrons. The Morgan fingerprint density at radius 2 is 1.72 bits per heavy atom. The van der Waals surface area contributed by atoms with Gasteiger partial charge in [-0.15, -0.1) is 0 Å². The van der Waals surface area contributed by atoms with Crippen molar-refractivity contribution in [3.05, 3.63) is 72.2 Å². The first-order valence-corrected chi connectivity index (χ1v) is 13.5. The fourth-order valence-corrected chi connectivity index (χ4v) is 4.78. The second kappa shape index (κ2) is 12.0. The summed E-state index contributed by atoms with van der Waals surface area (Å²) in [6, 6.07) is 14.6. The molecule has 3 rings (SSSR count). The Morgan fingerprint density at radius 3 is 2.28 bits per heavy atom. The highest BCUT2D eigenvalue weighted by molar-refractivity contribution is 7.87. The zero-order valence-corrected chi connectivity index (χ0v) is 22.2. The van der Waals surface area contributed by atoms with Gasteiger partial charge in [-0.3, -0.25) is 4.79 Å². The standard InChI is InChI=1S/C27H34N2O6S/c1-6-20(4)29(27(30)25-10-9-17-34-25)19-21-11-12-22(28(7-2)8-3)18-26(21)35-36(31,32)24-15-13-23(33-5)14-16-24/h9-18,20H,6-8,19H2,1-5H3. The zero-order chi connectivity index (χ0) is 26.3. The minimum Gasteiger partial charge on any atom is -0.497 e. The fraction of sp³-hybridized carbons (Fsp3) is 0.370. The van der Waals surface area contributed by atoms with Crippen LogP contribution in [0.15, 0.2) is 70.2 Å². The number of methoxy groups -OCH3 is 1. The van der Waals surface area contributed by atoms with Gasteiger partial charge in [0.2, 0.25) is 0 Å². The number of carbonyl (C=O) groups excluding carboxylic acids is 1. The molecule has 1 heterocycles. The highest BCUT2D eigenvalue weighted by atomic mass is 32.2. The van der Waals surface area contributed by atoms with E-state index in [4.69, 9.17) is 13.3 Å². The molecule has 8 nitrogen and oxygen atoms in total. The summed E-state index contributed by atoms with van der Waals surface area (Å²) in [6.45, 7) is 9.63. The lowest BCUT2D eigenvalue weighted by atomic mass is 10.1. The van der Waals surface area contributed by atoms with Crippen molar-refractivity contribution in [2.45, 2.75) is 51.6 Å². The van der Waals surface area contributed by atoms with E-state index in [0.717, 1.165) is 18.8 Å². The van der Waals surface area contributed by atoms with Gasteiger partial charge >= 0.3 is 10.1 Å². The molecular weight excluding hydrogens is 480 g/mol. The van der Waals surface area contributed by atoms with Crippen molar-refractivity contribution in [3.63, 3.8) is 0 Å². The molecule has 0 aliphatic heterocycles. The molecule has 0 spiro atoms. The SMILES string of the molecule is CCC(C)N(Cc1ccc(N(CC)CC)cc1OS(=O)(=O)c1ccc(OC)cc1)C(=O)c1ccco1. The van der Waals surface area contributed by atoms with Gasteiger partial charge in [-0.05, 0) is 69.7 Å². The molecule has 0 fully saturated rings. The third kappa shape index (κ3) is 6.20. The third-order valence-electron chi connectivity index (χ3n) is 6.18. The van der Waals surface area contributed by atoms with Crippen LogP contribution in [0.4, 0.5) is 5.69 Å². The minimum atomic E-state index is -4.14. The third-order valence-corrected chi connectivity index (χ3v) is 7.43. The predicted molar refractivity (Wildman–Crippen MR) is 139 cm³/mol. The van der Waals surface area contributed by atoms with Gasteiger partial charge in [0, 0.05) is 36.4 Å². The van der Waals surface area contributed by atoms with Gasteiger partial charge in [0.15, 0.2) is 5.76 Å². The molecule has 0 bridgehead atoms. The first-order valence-electron chi connectivity index (χ1n) is 12.0. The number of hydrogen-bond donors (Lipinski definition) is 0. The minimum absolute atomic E-state index is 0.00735. The summed E-state index contributed by atoms with van der Waals surface area (Å²) in [5, 5.41) is 0. The molecule has 36 heavy (non-hydrogen) atoms. The molecular formula is C27H34N2O6S. The molecule has 0 saturated carbocycles. The van der Waals surface area contributed by atoms with Gasteiger partial charge in [0.05, 0.1) is 19.9 Å². The summed E-state index contributed by atoms with van der Waals surface area (Å²) >= 11 is 0. The lowest BCUT2D eigenvalue weighted by Gasteiger charge is -2.29. The van der Waals surface area contributed by atoms with Crippen LogP contribution < -0.4 is 13.8 Å². The number of benzene rings is 2. The van der Waals surface area contributed by atoms with Crippen LogP contribution in [0.5, 0.6) is 11.5 Å². The van der Waals surface area contributed by atoms with Crippen LogP contribution in [0.25, 0.3) is 0 Å². The molecule has 1 atom stereocenters. The summed E-state index contributed by atoms with van der Waals surface area (Å²) in [5.74, 6) is 0.670. The molecule has 1 amide bonds. The van der Waals surface area contributed by atoms with E-state index in [-0.39, 0.29) is 34.9 Å². The summed E-state index contributed by atoms with van der Waals surface area (Å²) in [6.07, 6.45) is 2.17. The van der Waals surface area contributed by atoms with Crippen molar-refractivity contribution in [1.29, 1.82) is 0 Å². The molecule has 9 heteroatoms. The second-order valence-corrected chi connectivity index (χ2v) is 9.89. The van der Waals surface area contributed by atoms with Gasteiger partial charge in [0.25, 0.3) is 5.91 Å². The predicted octanol–water partition coefficient (Wildman–Crippen LogP) is 5.34.